The van der Waals surface area contributed by atoms with E-state index in [1.54, 1.807) is 6.92 Å². The van der Waals surface area contributed by atoms with Crippen molar-refractivity contribution in [3.8, 4) is 5.75 Å². The van der Waals surface area contributed by atoms with Crippen molar-refractivity contribution in [2.45, 2.75) is 13.5 Å². The highest BCUT2D eigenvalue weighted by atomic mass is 19.2. The Bertz CT molecular complexity index is 724. The monoisotopic (exact) mass is 269 g/mol. The van der Waals surface area contributed by atoms with E-state index in [1.807, 2.05) is 0 Å². The summed E-state index contributed by atoms with van der Waals surface area (Å²) < 4.78 is 32.5. The van der Waals surface area contributed by atoms with E-state index < -0.39 is 29.0 Å². The van der Waals surface area contributed by atoms with Crippen LogP contribution in [-0.2, 0) is 6.54 Å². The zero-order chi connectivity index (χ0) is 14.2. The molecule has 0 saturated carbocycles. The SMILES string of the molecule is CCn1cc(OC(=O)O)c(=O)c2ccc(F)c(F)c21. The van der Waals surface area contributed by atoms with Gasteiger partial charge in [0.25, 0.3) is 0 Å². The number of nitrogens with zero attached hydrogens (tertiary/aromatic N) is 1. The molecule has 0 amide bonds. The molecule has 0 aliphatic heterocycles. The number of carbonyl (C=O) groups is 1. The fraction of sp³-hybridized carbons (Fsp3) is 0.167. The smallest absolute Gasteiger partial charge is 0.449 e. The third kappa shape index (κ3) is 2.14. The summed E-state index contributed by atoms with van der Waals surface area (Å²) in [6, 6.07) is 1.90. The van der Waals surface area contributed by atoms with Gasteiger partial charge >= 0.3 is 6.16 Å². The minimum atomic E-state index is -1.65. The molecule has 0 aliphatic carbocycles. The quantitative estimate of drug-likeness (QED) is 0.850. The van der Waals surface area contributed by atoms with Crippen molar-refractivity contribution in [1.82, 2.24) is 4.57 Å². The Morgan fingerprint density at radius 1 is 1.42 bits per heavy atom. The number of ether oxygens (including phenoxy) is 1. The van der Waals surface area contributed by atoms with Crippen LogP contribution in [0, 0.1) is 11.6 Å². The standard InChI is InChI=1S/C12H9F2NO4/c1-2-15-5-8(19-12(17)18)11(16)6-3-4-7(13)9(14)10(6)15/h3-5H,2H2,1H3,(H,17,18). The van der Waals surface area contributed by atoms with Gasteiger partial charge in [0.1, 0.15) is 0 Å². The lowest BCUT2D eigenvalue weighted by atomic mass is 10.2. The van der Waals surface area contributed by atoms with Gasteiger partial charge in [-0.15, -0.1) is 0 Å². The predicted molar refractivity (Wildman–Crippen MR) is 62.5 cm³/mol. The molecule has 0 radical (unpaired) electrons. The van der Waals surface area contributed by atoms with Gasteiger partial charge < -0.3 is 14.4 Å². The predicted octanol–water partition coefficient (Wildman–Crippen LogP) is 2.36. The molecule has 0 saturated heterocycles. The van der Waals surface area contributed by atoms with Crippen molar-refractivity contribution in [2.24, 2.45) is 0 Å². The van der Waals surface area contributed by atoms with Gasteiger partial charge in [0.05, 0.1) is 17.1 Å². The van der Waals surface area contributed by atoms with Crippen molar-refractivity contribution in [3.63, 3.8) is 0 Å². The summed E-state index contributed by atoms with van der Waals surface area (Å²) in [5, 5.41) is 8.38. The van der Waals surface area contributed by atoms with Crippen LogP contribution >= 0.6 is 0 Å². The normalized spacial score (nSPS) is 10.7. The van der Waals surface area contributed by atoms with E-state index >= 15 is 0 Å². The number of pyridine rings is 1. The Morgan fingerprint density at radius 3 is 2.68 bits per heavy atom. The maximum Gasteiger partial charge on any atom is 0.511 e. The third-order valence-corrected chi connectivity index (χ3v) is 2.64. The molecular weight excluding hydrogens is 260 g/mol. The summed E-state index contributed by atoms with van der Waals surface area (Å²) in [6.45, 7) is 1.85. The number of carboxylic acid groups (broad SMARTS) is 1. The van der Waals surface area contributed by atoms with Crippen LogP contribution in [0.3, 0.4) is 0 Å². The molecule has 1 heterocycles. The second-order valence-electron chi connectivity index (χ2n) is 3.73. The Labute approximate surface area is 105 Å². The molecule has 0 aliphatic rings. The number of hydrogen-bond donors (Lipinski definition) is 1. The molecule has 2 aromatic rings. The van der Waals surface area contributed by atoms with Gasteiger partial charge in [-0.2, -0.15) is 0 Å². The van der Waals surface area contributed by atoms with Crippen LogP contribution in [0.1, 0.15) is 6.92 Å². The fourth-order valence-corrected chi connectivity index (χ4v) is 1.82. The van der Waals surface area contributed by atoms with E-state index in [4.69, 9.17) is 5.11 Å². The summed E-state index contributed by atoms with van der Waals surface area (Å²) in [4.78, 5) is 22.4. The maximum atomic E-state index is 13.7. The van der Waals surface area contributed by atoms with Crippen molar-refractivity contribution in [2.75, 3.05) is 0 Å². The van der Waals surface area contributed by atoms with E-state index in [2.05, 4.69) is 4.74 Å². The Morgan fingerprint density at radius 2 is 2.11 bits per heavy atom. The van der Waals surface area contributed by atoms with Crippen LogP contribution in [0.15, 0.2) is 23.1 Å². The topological polar surface area (TPSA) is 68.5 Å². The van der Waals surface area contributed by atoms with Crippen molar-refractivity contribution < 1.29 is 23.4 Å². The molecule has 0 atom stereocenters. The maximum absolute atomic E-state index is 13.7. The molecule has 0 unspecified atom stereocenters. The van der Waals surface area contributed by atoms with E-state index in [-0.39, 0.29) is 17.4 Å². The molecule has 5 nitrogen and oxygen atoms in total. The van der Waals surface area contributed by atoms with E-state index in [1.165, 1.54) is 4.57 Å². The van der Waals surface area contributed by atoms with E-state index in [9.17, 15) is 18.4 Å². The van der Waals surface area contributed by atoms with Crippen LogP contribution in [0.25, 0.3) is 10.9 Å². The van der Waals surface area contributed by atoms with Gasteiger partial charge in [-0.05, 0) is 19.1 Å². The molecule has 1 aromatic heterocycles. The van der Waals surface area contributed by atoms with Crippen LogP contribution in [0.2, 0.25) is 0 Å². The zero-order valence-corrected chi connectivity index (χ0v) is 9.81. The van der Waals surface area contributed by atoms with E-state index in [0.717, 1.165) is 18.3 Å². The van der Waals surface area contributed by atoms with Crippen LogP contribution in [-0.4, -0.2) is 15.8 Å². The Hall–Kier alpha value is -2.44. The lowest BCUT2D eigenvalue weighted by Gasteiger charge is -2.11. The first-order valence-electron chi connectivity index (χ1n) is 5.37. The Balaban J connectivity index is 2.87. The number of halogens is 2. The molecule has 0 spiro atoms. The summed E-state index contributed by atoms with van der Waals surface area (Å²) in [5.41, 5.74) is -1.02. The molecule has 1 aromatic carbocycles. The van der Waals surface area contributed by atoms with Crippen LogP contribution < -0.4 is 10.2 Å². The zero-order valence-electron chi connectivity index (χ0n) is 9.81. The summed E-state index contributed by atoms with van der Waals surface area (Å²) in [6.07, 6.45) is -0.608. The highest BCUT2D eigenvalue weighted by Gasteiger charge is 2.17. The Kier molecular flexibility index (Phi) is 3.20. The van der Waals surface area contributed by atoms with Crippen LogP contribution in [0.4, 0.5) is 13.6 Å². The number of aryl methyl sites for hydroxylation is 1. The van der Waals surface area contributed by atoms with Crippen molar-refractivity contribution in [3.05, 3.63) is 40.2 Å². The van der Waals surface area contributed by atoms with Gasteiger partial charge in [-0.3, -0.25) is 4.79 Å². The molecule has 7 heteroatoms. The average molecular weight is 269 g/mol. The number of aromatic nitrogens is 1. The minimum absolute atomic E-state index is 0.139. The van der Waals surface area contributed by atoms with Gasteiger partial charge in [0.2, 0.25) is 5.43 Å². The first-order valence-corrected chi connectivity index (χ1v) is 5.37. The largest absolute Gasteiger partial charge is 0.511 e. The van der Waals surface area contributed by atoms with Gasteiger partial charge in [0.15, 0.2) is 17.4 Å². The molecular formula is C12H9F2NO4. The first kappa shape index (κ1) is 13.0. The number of rotatable bonds is 2. The van der Waals surface area contributed by atoms with Crippen molar-refractivity contribution >= 4 is 17.1 Å². The third-order valence-electron chi connectivity index (χ3n) is 2.64. The molecule has 1 N–H and O–H groups in total. The molecule has 0 bridgehead atoms. The summed E-state index contributed by atoms with van der Waals surface area (Å²) in [7, 11) is 0. The number of hydrogen-bond acceptors (Lipinski definition) is 3. The number of fused-ring (bicyclic) bond motifs is 1. The average Bonchev–Trinajstić information content (AvgIpc) is 2.36. The van der Waals surface area contributed by atoms with Gasteiger partial charge in [0, 0.05) is 6.54 Å². The lowest BCUT2D eigenvalue weighted by molar-refractivity contribution is 0.144. The second kappa shape index (κ2) is 4.68. The van der Waals surface area contributed by atoms with E-state index in [0.29, 0.717) is 0 Å². The fourth-order valence-electron chi connectivity index (χ4n) is 1.82. The highest BCUT2D eigenvalue weighted by molar-refractivity contribution is 5.81. The van der Waals surface area contributed by atoms with Gasteiger partial charge in [-0.25, -0.2) is 13.6 Å². The molecule has 0 fully saturated rings. The highest BCUT2D eigenvalue weighted by Crippen LogP contribution is 2.21. The molecule has 2 rings (SSSR count). The molecule has 19 heavy (non-hydrogen) atoms. The molecule has 100 valence electrons. The summed E-state index contributed by atoms with van der Waals surface area (Å²) >= 11 is 0. The number of benzene rings is 1. The summed E-state index contributed by atoms with van der Waals surface area (Å²) in [5.74, 6) is -2.69. The lowest BCUT2D eigenvalue weighted by Crippen LogP contribution is -2.17. The second-order valence-corrected chi connectivity index (χ2v) is 3.73. The first-order chi connectivity index (χ1) is 8.95. The minimum Gasteiger partial charge on any atom is -0.449 e. The van der Waals surface area contributed by atoms with Crippen LogP contribution in [0.5, 0.6) is 5.75 Å². The van der Waals surface area contributed by atoms with Crippen molar-refractivity contribution in [1.29, 1.82) is 0 Å². The van der Waals surface area contributed by atoms with Gasteiger partial charge in [-0.1, -0.05) is 0 Å².